The maximum Gasteiger partial charge on any atom is 0.243 e. The number of rotatable bonds is 11. The molecule has 0 saturated carbocycles. The predicted molar refractivity (Wildman–Crippen MR) is 144 cm³/mol. The zero-order chi connectivity index (χ0) is 25.2. The standard InChI is InChI=1S/C28H29Cl3N2O2/c1-2-3-16-32-28(35)26(17-20-10-5-4-6-11-20)33(19-22-24(30)14-9-15-25(22)31)27(34)18-21-12-7-8-13-23(21)29/h4-15,26H,2-3,16-19H2,1H3,(H,32,35). The van der Waals surface area contributed by atoms with E-state index >= 15 is 0 Å². The minimum absolute atomic E-state index is 0.0509. The first kappa shape index (κ1) is 27.1. The molecule has 1 atom stereocenters. The first-order valence-electron chi connectivity index (χ1n) is 11.7. The molecule has 184 valence electrons. The molecule has 1 unspecified atom stereocenters. The van der Waals surface area contributed by atoms with Crippen LogP contribution < -0.4 is 5.32 Å². The highest BCUT2D eigenvalue weighted by atomic mass is 35.5. The summed E-state index contributed by atoms with van der Waals surface area (Å²) in [6.45, 7) is 2.70. The van der Waals surface area contributed by atoms with Gasteiger partial charge in [-0.05, 0) is 35.7 Å². The molecule has 0 aliphatic heterocycles. The van der Waals surface area contributed by atoms with Crippen LogP contribution in [0.1, 0.15) is 36.5 Å². The van der Waals surface area contributed by atoms with Crippen LogP contribution in [0.2, 0.25) is 15.1 Å². The van der Waals surface area contributed by atoms with Gasteiger partial charge in [0.05, 0.1) is 6.42 Å². The number of hydrogen-bond donors (Lipinski definition) is 1. The summed E-state index contributed by atoms with van der Waals surface area (Å²) >= 11 is 19.3. The van der Waals surface area contributed by atoms with Gasteiger partial charge < -0.3 is 10.2 Å². The Hall–Kier alpha value is -2.53. The number of halogens is 3. The molecule has 0 saturated heterocycles. The lowest BCUT2D eigenvalue weighted by Gasteiger charge is -2.32. The van der Waals surface area contributed by atoms with Gasteiger partial charge in [0, 0.05) is 40.1 Å². The fourth-order valence-corrected chi connectivity index (χ4v) is 4.54. The molecule has 0 aliphatic carbocycles. The van der Waals surface area contributed by atoms with E-state index in [4.69, 9.17) is 34.8 Å². The van der Waals surface area contributed by atoms with Crippen molar-refractivity contribution in [2.24, 2.45) is 0 Å². The lowest BCUT2D eigenvalue weighted by Crippen LogP contribution is -2.51. The van der Waals surface area contributed by atoms with Crippen LogP contribution in [0.25, 0.3) is 0 Å². The topological polar surface area (TPSA) is 49.4 Å². The van der Waals surface area contributed by atoms with Crippen LogP contribution in [0.15, 0.2) is 72.8 Å². The third-order valence-electron chi connectivity index (χ3n) is 5.79. The normalized spacial score (nSPS) is 11.7. The van der Waals surface area contributed by atoms with Crippen molar-refractivity contribution in [3.63, 3.8) is 0 Å². The smallest absolute Gasteiger partial charge is 0.243 e. The molecule has 35 heavy (non-hydrogen) atoms. The van der Waals surface area contributed by atoms with E-state index in [1.165, 1.54) is 0 Å². The zero-order valence-electron chi connectivity index (χ0n) is 19.6. The molecular formula is C28H29Cl3N2O2. The maximum absolute atomic E-state index is 13.8. The van der Waals surface area contributed by atoms with Crippen molar-refractivity contribution in [3.8, 4) is 0 Å². The molecule has 3 aromatic rings. The highest BCUT2D eigenvalue weighted by Crippen LogP contribution is 2.28. The summed E-state index contributed by atoms with van der Waals surface area (Å²) in [6, 6.07) is 21.3. The Morgan fingerprint density at radius 3 is 2.14 bits per heavy atom. The van der Waals surface area contributed by atoms with Gasteiger partial charge in [0.1, 0.15) is 6.04 Å². The molecular weight excluding hydrogens is 503 g/mol. The lowest BCUT2D eigenvalue weighted by molar-refractivity contribution is -0.140. The molecule has 0 radical (unpaired) electrons. The second-order valence-corrected chi connectivity index (χ2v) is 9.56. The summed E-state index contributed by atoms with van der Waals surface area (Å²) in [6.07, 6.45) is 2.21. The average Bonchev–Trinajstić information content (AvgIpc) is 2.85. The number of benzene rings is 3. The first-order valence-corrected chi connectivity index (χ1v) is 12.8. The van der Waals surface area contributed by atoms with Crippen molar-refractivity contribution in [2.45, 2.75) is 45.2 Å². The summed E-state index contributed by atoms with van der Waals surface area (Å²) in [5, 5.41) is 4.39. The second-order valence-electron chi connectivity index (χ2n) is 8.34. The van der Waals surface area contributed by atoms with E-state index in [9.17, 15) is 9.59 Å². The van der Waals surface area contributed by atoms with E-state index in [1.54, 1.807) is 29.2 Å². The Balaban J connectivity index is 2.00. The molecule has 0 aliphatic rings. The van der Waals surface area contributed by atoms with Crippen molar-refractivity contribution < 1.29 is 9.59 Å². The highest BCUT2D eigenvalue weighted by molar-refractivity contribution is 6.36. The third-order valence-corrected chi connectivity index (χ3v) is 6.87. The van der Waals surface area contributed by atoms with Gasteiger partial charge in [-0.15, -0.1) is 0 Å². The molecule has 0 aromatic heterocycles. The van der Waals surface area contributed by atoms with Gasteiger partial charge in [0.2, 0.25) is 11.8 Å². The molecule has 4 nitrogen and oxygen atoms in total. The Morgan fingerprint density at radius 2 is 1.49 bits per heavy atom. The van der Waals surface area contributed by atoms with Crippen LogP contribution in [-0.4, -0.2) is 29.3 Å². The largest absolute Gasteiger partial charge is 0.354 e. The van der Waals surface area contributed by atoms with Gasteiger partial charge in [-0.1, -0.05) is 103 Å². The van der Waals surface area contributed by atoms with Crippen molar-refractivity contribution in [1.82, 2.24) is 10.2 Å². The Labute approximate surface area is 222 Å². The van der Waals surface area contributed by atoms with E-state index < -0.39 is 6.04 Å². The summed E-state index contributed by atoms with van der Waals surface area (Å²) in [5.74, 6) is -0.446. The predicted octanol–water partition coefficient (Wildman–Crippen LogP) is 6.75. The molecule has 7 heteroatoms. The fourth-order valence-electron chi connectivity index (χ4n) is 3.82. The van der Waals surface area contributed by atoms with Crippen molar-refractivity contribution in [1.29, 1.82) is 0 Å². The molecule has 0 bridgehead atoms. The van der Waals surface area contributed by atoms with Crippen molar-refractivity contribution in [3.05, 3.63) is 105 Å². The lowest BCUT2D eigenvalue weighted by atomic mass is 10.0. The van der Waals surface area contributed by atoms with Gasteiger partial charge in [-0.3, -0.25) is 9.59 Å². The number of carbonyl (C=O) groups is 2. The number of amides is 2. The van der Waals surface area contributed by atoms with Gasteiger partial charge >= 0.3 is 0 Å². The quantitative estimate of drug-likeness (QED) is 0.278. The number of unbranched alkanes of at least 4 members (excludes halogenated alkanes) is 1. The van der Waals surface area contributed by atoms with Crippen LogP contribution in [-0.2, 0) is 29.0 Å². The van der Waals surface area contributed by atoms with E-state index in [1.807, 2.05) is 48.5 Å². The summed E-state index contributed by atoms with van der Waals surface area (Å²) < 4.78 is 0. The first-order chi connectivity index (χ1) is 16.9. The number of nitrogens with one attached hydrogen (secondary N) is 1. The second kappa shape index (κ2) is 13.5. The Bertz CT molecular complexity index is 1120. The summed E-state index contributed by atoms with van der Waals surface area (Å²) in [5.41, 5.74) is 2.24. The number of carbonyl (C=O) groups excluding carboxylic acids is 2. The third kappa shape index (κ3) is 7.73. The fraction of sp³-hybridized carbons (Fsp3) is 0.286. The molecule has 0 fully saturated rings. The van der Waals surface area contributed by atoms with E-state index in [0.29, 0.717) is 39.2 Å². The zero-order valence-corrected chi connectivity index (χ0v) is 21.9. The van der Waals surface area contributed by atoms with Gasteiger partial charge in [0.15, 0.2) is 0 Å². The van der Waals surface area contributed by atoms with Crippen molar-refractivity contribution in [2.75, 3.05) is 6.54 Å². The monoisotopic (exact) mass is 530 g/mol. The number of nitrogens with zero attached hydrogens (tertiary/aromatic N) is 1. The van der Waals surface area contributed by atoms with Crippen LogP contribution in [0, 0.1) is 0 Å². The van der Waals surface area contributed by atoms with E-state index in [0.717, 1.165) is 18.4 Å². The highest BCUT2D eigenvalue weighted by Gasteiger charge is 2.31. The molecule has 0 spiro atoms. The Morgan fingerprint density at radius 1 is 0.857 bits per heavy atom. The van der Waals surface area contributed by atoms with Crippen LogP contribution >= 0.6 is 34.8 Å². The van der Waals surface area contributed by atoms with Crippen LogP contribution in [0.4, 0.5) is 0 Å². The maximum atomic E-state index is 13.8. The Kier molecular flexibility index (Phi) is 10.5. The SMILES string of the molecule is CCCCNC(=O)C(Cc1ccccc1)N(Cc1c(Cl)cccc1Cl)C(=O)Cc1ccccc1Cl. The summed E-state index contributed by atoms with van der Waals surface area (Å²) in [7, 11) is 0. The van der Waals surface area contributed by atoms with Gasteiger partial charge in [-0.25, -0.2) is 0 Å². The minimum Gasteiger partial charge on any atom is -0.354 e. The van der Waals surface area contributed by atoms with Crippen LogP contribution in [0.3, 0.4) is 0 Å². The van der Waals surface area contributed by atoms with Gasteiger partial charge in [0.25, 0.3) is 0 Å². The molecule has 3 aromatic carbocycles. The number of hydrogen-bond acceptors (Lipinski definition) is 2. The van der Waals surface area contributed by atoms with Crippen LogP contribution in [0.5, 0.6) is 0 Å². The average molecular weight is 532 g/mol. The summed E-state index contributed by atoms with van der Waals surface area (Å²) in [4.78, 5) is 28.8. The van der Waals surface area contributed by atoms with E-state index in [-0.39, 0.29) is 24.8 Å². The molecule has 1 N–H and O–H groups in total. The molecule has 2 amide bonds. The minimum atomic E-state index is -0.753. The molecule has 0 heterocycles. The van der Waals surface area contributed by atoms with Gasteiger partial charge in [-0.2, -0.15) is 0 Å². The van der Waals surface area contributed by atoms with Crippen molar-refractivity contribution >= 4 is 46.6 Å². The molecule has 3 rings (SSSR count). The van der Waals surface area contributed by atoms with E-state index in [2.05, 4.69) is 12.2 Å².